The number of nitro groups is 2. The maximum absolute atomic E-state index is 11.3. The Morgan fingerprint density at radius 3 is 2.48 bits per heavy atom. The number of hydrogen-bond donors (Lipinski definition) is 1. The lowest BCUT2D eigenvalue weighted by molar-refractivity contribution is -0.393. The van der Waals surface area contributed by atoms with Gasteiger partial charge in [0.15, 0.2) is 0 Å². The second-order valence-electron chi connectivity index (χ2n) is 8.20. The number of hydrogen-bond acceptors (Lipinski definition) is 6. The van der Waals surface area contributed by atoms with Gasteiger partial charge < -0.3 is 0 Å². The lowest BCUT2D eigenvalue weighted by Gasteiger charge is -2.44. The van der Waals surface area contributed by atoms with Crippen molar-refractivity contribution in [3.63, 3.8) is 0 Å². The Balaban J connectivity index is 1.34. The fourth-order valence-corrected chi connectivity index (χ4v) is 7.29. The molecule has 2 bridgehead atoms. The second-order valence-corrected chi connectivity index (χ2v) is 8.20. The summed E-state index contributed by atoms with van der Waals surface area (Å²) in [7, 11) is 0. The SMILES string of the molecule is O=[N+]([O-])c1ccc(N/N=C2/[C@H]3[C@H]4C[C@H]5[C@@H]3C[C@@H]3[C@@H]2[C@H]4[C@H]35)c([N+](=O)[O-])c1. The van der Waals surface area contributed by atoms with E-state index in [1.165, 1.54) is 30.7 Å². The average Bonchev–Trinajstić information content (AvgIpc) is 3.12. The molecule has 5 aliphatic rings. The molecule has 0 aromatic heterocycles. The molecular weight excluding hydrogens is 324 g/mol. The summed E-state index contributed by atoms with van der Waals surface area (Å²) < 4.78 is 0. The number of benzene rings is 1. The standard InChI is InChI=1S/C17H16N4O4/c22-20(23)6-1-2-11(12(3-6)21(24)25)18-19-17-14-8-5-9-13-7(8)4-10(14)15(13)16(9)17/h1-3,7-10,13-16,18H,4-5H2/b19-17-/t7-,8-,9-,10+,13-,14+,15+,16+/m0/s1. The molecule has 6 rings (SSSR count). The zero-order chi connectivity index (χ0) is 17.0. The Hall–Kier alpha value is -2.51. The number of rotatable bonds is 4. The summed E-state index contributed by atoms with van der Waals surface area (Å²) in [6.07, 6.45) is 2.71. The van der Waals surface area contributed by atoms with E-state index >= 15 is 0 Å². The summed E-state index contributed by atoms with van der Waals surface area (Å²) in [6.45, 7) is 0. The molecule has 8 atom stereocenters. The third-order valence-corrected chi connectivity index (χ3v) is 7.74. The smallest absolute Gasteiger partial charge is 0.272 e. The first-order chi connectivity index (χ1) is 12.1. The number of nitrogens with one attached hydrogen (secondary N) is 1. The molecule has 5 fully saturated rings. The number of hydrazone groups is 1. The van der Waals surface area contributed by atoms with Gasteiger partial charge in [0.05, 0.1) is 15.9 Å². The van der Waals surface area contributed by atoms with Gasteiger partial charge in [-0.25, -0.2) is 0 Å². The van der Waals surface area contributed by atoms with Crippen LogP contribution in [0.1, 0.15) is 12.8 Å². The molecule has 8 heteroatoms. The van der Waals surface area contributed by atoms with Crippen molar-refractivity contribution < 1.29 is 9.85 Å². The van der Waals surface area contributed by atoms with Gasteiger partial charge in [-0.2, -0.15) is 5.10 Å². The van der Waals surface area contributed by atoms with E-state index in [-0.39, 0.29) is 17.1 Å². The topological polar surface area (TPSA) is 111 Å². The maximum atomic E-state index is 11.3. The molecule has 1 N–H and O–H groups in total. The molecule has 25 heavy (non-hydrogen) atoms. The van der Waals surface area contributed by atoms with Crippen molar-refractivity contribution in [1.29, 1.82) is 0 Å². The monoisotopic (exact) mass is 340 g/mol. The van der Waals surface area contributed by atoms with Crippen LogP contribution >= 0.6 is 0 Å². The maximum Gasteiger partial charge on any atom is 0.301 e. The fourth-order valence-electron chi connectivity index (χ4n) is 7.29. The predicted octanol–water partition coefficient (Wildman–Crippen LogP) is 3.05. The van der Waals surface area contributed by atoms with Gasteiger partial charge >= 0.3 is 5.69 Å². The van der Waals surface area contributed by atoms with Gasteiger partial charge in [-0.3, -0.25) is 25.7 Å². The molecule has 1 aromatic rings. The van der Waals surface area contributed by atoms with E-state index < -0.39 is 9.85 Å². The third kappa shape index (κ3) is 1.43. The van der Waals surface area contributed by atoms with Crippen molar-refractivity contribution in [3.8, 4) is 0 Å². The molecule has 0 spiro atoms. The van der Waals surface area contributed by atoms with Crippen molar-refractivity contribution in [2.45, 2.75) is 12.8 Å². The molecule has 5 aliphatic carbocycles. The average molecular weight is 340 g/mol. The van der Waals surface area contributed by atoms with Crippen LogP contribution in [-0.4, -0.2) is 15.6 Å². The minimum Gasteiger partial charge on any atom is -0.272 e. The molecule has 8 nitrogen and oxygen atoms in total. The molecule has 0 aliphatic heterocycles. The summed E-state index contributed by atoms with van der Waals surface area (Å²) >= 11 is 0. The zero-order valence-electron chi connectivity index (χ0n) is 13.2. The van der Waals surface area contributed by atoms with Crippen LogP contribution in [0.2, 0.25) is 0 Å². The Bertz CT molecular complexity index is 877. The summed E-state index contributed by atoms with van der Waals surface area (Å²) in [5.41, 5.74) is 3.73. The summed E-state index contributed by atoms with van der Waals surface area (Å²) in [4.78, 5) is 20.9. The van der Waals surface area contributed by atoms with E-state index in [4.69, 9.17) is 0 Å². The first-order valence-corrected chi connectivity index (χ1v) is 8.82. The third-order valence-electron chi connectivity index (χ3n) is 7.74. The van der Waals surface area contributed by atoms with Crippen LogP contribution in [0.4, 0.5) is 17.1 Å². The quantitative estimate of drug-likeness (QED) is 0.669. The Kier molecular flexibility index (Phi) is 2.29. The van der Waals surface area contributed by atoms with Crippen LogP contribution < -0.4 is 5.43 Å². The minimum absolute atomic E-state index is 0.224. The van der Waals surface area contributed by atoms with Gasteiger partial charge in [0, 0.05) is 23.6 Å². The van der Waals surface area contributed by atoms with Gasteiger partial charge in [0.25, 0.3) is 5.69 Å². The first-order valence-electron chi connectivity index (χ1n) is 8.82. The minimum atomic E-state index is -0.627. The largest absolute Gasteiger partial charge is 0.301 e. The van der Waals surface area contributed by atoms with Crippen LogP contribution in [0.25, 0.3) is 0 Å². The fraction of sp³-hybridized carbons (Fsp3) is 0.588. The van der Waals surface area contributed by atoms with Crippen LogP contribution in [0, 0.1) is 67.6 Å². The van der Waals surface area contributed by atoms with Gasteiger partial charge in [-0.1, -0.05) is 0 Å². The van der Waals surface area contributed by atoms with E-state index in [1.54, 1.807) is 0 Å². The Labute approximate surface area is 142 Å². The van der Waals surface area contributed by atoms with Gasteiger partial charge in [-0.05, 0) is 54.4 Å². The highest BCUT2D eigenvalue weighted by Crippen LogP contribution is 2.81. The highest BCUT2D eigenvalue weighted by Gasteiger charge is 2.79. The number of anilines is 1. The number of non-ortho nitro benzene ring substituents is 1. The first kappa shape index (κ1) is 13.7. The zero-order valence-corrected chi connectivity index (χ0v) is 13.2. The molecule has 0 unspecified atom stereocenters. The van der Waals surface area contributed by atoms with E-state index in [0.29, 0.717) is 11.8 Å². The highest BCUT2D eigenvalue weighted by atomic mass is 16.6. The van der Waals surface area contributed by atoms with E-state index in [9.17, 15) is 20.2 Å². The molecule has 0 heterocycles. The van der Waals surface area contributed by atoms with Crippen LogP contribution in [-0.2, 0) is 0 Å². The number of nitro benzene ring substituents is 2. The van der Waals surface area contributed by atoms with Crippen molar-refractivity contribution in [3.05, 3.63) is 38.4 Å². The Morgan fingerprint density at radius 1 is 0.960 bits per heavy atom. The van der Waals surface area contributed by atoms with Crippen molar-refractivity contribution >= 4 is 22.8 Å². The summed E-state index contributed by atoms with van der Waals surface area (Å²) in [5, 5.41) is 26.7. The van der Waals surface area contributed by atoms with Crippen LogP contribution in [0.15, 0.2) is 23.3 Å². The lowest BCUT2D eigenvalue weighted by Crippen LogP contribution is -2.44. The highest BCUT2D eigenvalue weighted by molar-refractivity contribution is 5.96. The predicted molar refractivity (Wildman–Crippen MR) is 88.0 cm³/mol. The van der Waals surface area contributed by atoms with Crippen molar-refractivity contribution in [2.24, 2.45) is 52.4 Å². The van der Waals surface area contributed by atoms with Gasteiger partial charge in [-0.15, -0.1) is 0 Å². The summed E-state index contributed by atoms with van der Waals surface area (Å²) in [5.74, 6) is 6.15. The van der Waals surface area contributed by atoms with Crippen LogP contribution in [0.3, 0.4) is 0 Å². The number of fused-ring (bicyclic) bond motifs is 2. The molecule has 0 radical (unpaired) electrons. The molecule has 0 amide bonds. The Morgan fingerprint density at radius 2 is 1.72 bits per heavy atom. The molecule has 1 aromatic carbocycles. The molecule has 128 valence electrons. The normalized spacial score (nSPS) is 45.2. The second kappa shape index (κ2) is 4.17. The van der Waals surface area contributed by atoms with Gasteiger partial charge in [0.2, 0.25) is 0 Å². The van der Waals surface area contributed by atoms with Crippen LogP contribution in [0.5, 0.6) is 0 Å². The molecule has 5 saturated carbocycles. The van der Waals surface area contributed by atoms with Gasteiger partial charge in [0.1, 0.15) is 5.69 Å². The molecule has 0 saturated heterocycles. The van der Waals surface area contributed by atoms with Crippen molar-refractivity contribution in [1.82, 2.24) is 0 Å². The summed E-state index contributed by atoms with van der Waals surface area (Å²) in [6, 6.07) is 3.64. The van der Waals surface area contributed by atoms with E-state index in [1.807, 2.05) is 0 Å². The van der Waals surface area contributed by atoms with E-state index in [2.05, 4.69) is 10.5 Å². The van der Waals surface area contributed by atoms with E-state index in [0.717, 1.165) is 41.6 Å². The number of nitrogens with zero attached hydrogens (tertiary/aromatic N) is 3. The molecular formula is C17H16N4O4. The lowest BCUT2D eigenvalue weighted by atomic mass is 9.59. The van der Waals surface area contributed by atoms with Crippen molar-refractivity contribution in [2.75, 3.05) is 5.43 Å².